The van der Waals surface area contributed by atoms with Gasteiger partial charge >= 0.3 is 0 Å². The standard InChI is InChI=1S/C17H22N4O2/c1-3-15-14(10-7-11-23-15)16(22)19-17-18-12(2)20-21(17)13-8-5-4-6-9-13/h4-6,8-9,14-15H,3,7,10-11H2,1-2H3,(H,18,19,20,22). The minimum absolute atomic E-state index is 0.0158. The first-order chi connectivity index (χ1) is 11.2. The topological polar surface area (TPSA) is 69.0 Å². The van der Waals surface area contributed by atoms with E-state index in [2.05, 4.69) is 15.4 Å². The first-order valence-corrected chi connectivity index (χ1v) is 8.10. The lowest BCUT2D eigenvalue weighted by molar-refractivity contribution is -0.129. The van der Waals surface area contributed by atoms with Crippen LogP contribution in [0.25, 0.3) is 5.69 Å². The number of carbonyl (C=O) groups is 1. The number of nitrogens with zero attached hydrogens (tertiary/aromatic N) is 3. The predicted molar refractivity (Wildman–Crippen MR) is 87.5 cm³/mol. The van der Waals surface area contributed by atoms with Crippen LogP contribution in [0.2, 0.25) is 0 Å². The van der Waals surface area contributed by atoms with Crippen molar-refractivity contribution < 1.29 is 9.53 Å². The fourth-order valence-corrected chi connectivity index (χ4v) is 2.99. The molecule has 1 N–H and O–H groups in total. The second-order valence-electron chi connectivity index (χ2n) is 5.79. The Labute approximate surface area is 135 Å². The minimum atomic E-state index is -0.130. The highest BCUT2D eigenvalue weighted by molar-refractivity contribution is 5.91. The van der Waals surface area contributed by atoms with E-state index in [9.17, 15) is 4.79 Å². The number of rotatable bonds is 4. The van der Waals surface area contributed by atoms with E-state index >= 15 is 0 Å². The zero-order valence-corrected chi connectivity index (χ0v) is 13.5. The van der Waals surface area contributed by atoms with Crippen molar-refractivity contribution in [1.82, 2.24) is 14.8 Å². The molecule has 1 aliphatic rings. The van der Waals surface area contributed by atoms with Crippen LogP contribution in [0.4, 0.5) is 5.95 Å². The second kappa shape index (κ2) is 6.91. The van der Waals surface area contributed by atoms with Gasteiger partial charge < -0.3 is 4.74 Å². The molecule has 2 aromatic rings. The molecule has 6 nitrogen and oxygen atoms in total. The Hall–Kier alpha value is -2.21. The Morgan fingerprint density at radius 1 is 1.39 bits per heavy atom. The summed E-state index contributed by atoms with van der Waals surface area (Å²) in [5, 5.41) is 7.31. The maximum atomic E-state index is 12.7. The van der Waals surface area contributed by atoms with Crippen LogP contribution < -0.4 is 5.32 Å². The third kappa shape index (κ3) is 3.42. The van der Waals surface area contributed by atoms with Crippen molar-refractivity contribution in [3.05, 3.63) is 36.2 Å². The Balaban J connectivity index is 1.81. The molecule has 1 fully saturated rings. The molecule has 0 spiro atoms. The van der Waals surface area contributed by atoms with E-state index < -0.39 is 0 Å². The number of hydrogen-bond donors (Lipinski definition) is 1. The van der Waals surface area contributed by atoms with Crippen molar-refractivity contribution >= 4 is 11.9 Å². The lowest BCUT2D eigenvalue weighted by Gasteiger charge is -2.29. The van der Waals surface area contributed by atoms with Crippen LogP contribution in [0.3, 0.4) is 0 Å². The number of anilines is 1. The molecule has 23 heavy (non-hydrogen) atoms. The molecule has 0 radical (unpaired) electrons. The van der Waals surface area contributed by atoms with Gasteiger partial charge in [0, 0.05) is 6.61 Å². The number of carbonyl (C=O) groups excluding carboxylic acids is 1. The number of nitrogens with one attached hydrogen (secondary N) is 1. The third-order valence-corrected chi connectivity index (χ3v) is 4.13. The van der Waals surface area contributed by atoms with Gasteiger partial charge in [0.2, 0.25) is 11.9 Å². The van der Waals surface area contributed by atoms with Gasteiger partial charge in [-0.3, -0.25) is 10.1 Å². The molecule has 122 valence electrons. The Morgan fingerprint density at radius 2 is 2.17 bits per heavy atom. The van der Waals surface area contributed by atoms with Gasteiger partial charge in [0.25, 0.3) is 0 Å². The maximum absolute atomic E-state index is 12.7. The largest absolute Gasteiger partial charge is 0.377 e. The lowest BCUT2D eigenvalue weighted by Crippen LogP contribution is -2.38. The van der Waals surface area contributed by atoms with Crippen molar-refractivity contribution in [2.24, 2.45) is 5.92 Å². The molecule has 1 aliphatic heterocycles. The highest BCUT2D eigenvalue weighted by Crippen LogP contribution is 2.25. The Morgan fingerprint density at radius 3 is 2.91 bits per heavy atom. The molecule has 1 saturated heterocycles. The first kappa shape index (κ1) is 15.7. The highest BCUT2D eigenvalue weighted by atomic mass is 16.5. The molecule has 1 aromatic heterocycles. The van der Waals surface area contributed by atoms with Crippen molar-refractivity contribution in [3.63, 3.8) is 0 Å². The summed E-state index contributed by atoms with van der Waals surface area (Å²) in [6.45, 7) is 4.60. The quantitative estimate of drug-likeness (QED) is 0.942. The number of hydrogen-bond acceptors (Lipinski definition) is 4. The summed E-state index contributed by atoms with van der Waals surface area (Å²) in [6, 6.07) is 9.67. The van der Waals surface area contributed by atoms with Gasteiger partial charge in [-0.05, 0) is 38.3 Å². The van der Waals surface area contributed by atoms with Crippen molar-refractivity contribution in [2.45, 2.75) is 39.2 Å². The zero-order chi connectivity index (χ0) is 16.2. The van der Waals surface area contributed by atoms with Crippen LogP contribution in [-0.4, -0.2) is 33.4 Å². The summed E-state index contributed by atoms with van der Waals surface area (Å²) in [6.07, 6.45) is 2.59. The van der Waals surface area contributed by atoms with Gasteiger partial charge in [0.05, 0.1) is 17.7 Å². The fraction of sp³-hybridized carbons (Fsp3) is 0.471. The molecule has 2 atom stereocenters. The molecule has 3 rings (SSSR count). The van der Waals surface area contributed by atoms with E-state index in [-0.39, 0.29) is 17.9 Å². The average Bonchev–Trinajstić information content (AvgIpc) is 2.96. The Kier molecular flexibility index (Phi) is 4.71. The van der Waals surface area contributed by atoms with Crippen LogP contribution in [0.5, 0.6) is 0 Å². The lowest BCUT2D eigenvalue weighted by atomic mass is 9.92. The molecule has 1 aromatic carbocycles. The normalized spacial score (nSPS) is 21.1. The van der Waals surface area contributed by atoms with Gasteiger partial charge in [-0.25, -0.2) is 0 Å². The molecule has 6 heteroatoms. The van der Waals surface area contributed by atoms with E-state index in [4.69, 9.17) is 4.74 Å². The number of para-hydroxylation sites is 1. The number of aryl methyl sites for hydroxylation is 1. The maximum Gasteiger partial charge on any atom is 0.233 e. The van der Waals surface area contributed by atoms with Gasteiger partial charge in [-0.15, -0.1) is 5.10 Å². The van der Waals surface area contributed by atoms with Gasteiger partial charge in [0.15, 0.2) is 0 Å². The molecular formula is C17H22N4O2. The summed E-state index contributed by atoms with van der Waals surface area (Å²) in [4.78, 5) is 17.0. The van der Waals surface area contributed by atoms with Crippen LogP contribution in [0, 0.1) is 12.8 Å². The van der Waals surface area contributed by atoms with E-state index in [0.29, 0.717) is 11.8 Å². The zero-order valence-electron chi connectivity index (χ0n) is 13.5. The van der Waals surface area contributed by atoms with Crippen LogP contribution in [0.15, 0.2) is 30.3 Å². The summed E-state index contributed by atoms with van der Waals surface area (Å²) in [5.74, 6) is 0.909. The number of benzene rings is 1. The number of ether oxygens (including phenoxy) is 1. The van der Waals surface area contributed by atoms with Crippen molar-refractivity contribution in [2.75, 3.05) is 11.9 Å². The SMILES string of the molecule is CCC1OCCCC1C(=O)Nc1nc(C)nn1-c1ccccc1. The summed E-state index contributed by atoms with van der Waals surface area (Å²) < 4.78 is 7.38. The van der Waals surface area contributed by atoms with E-state index in [1.807, 2.05) is 44.2 Å². The van der Waals surface area contributed by atoms with Gasteiger partial charge in [-0.1, -0.05) is 25.1 Å². The van der Waals surface area contributed by atoms with Gasteiger partial charge in [-0.2, -0.15) is 9.67 Å². The second-order valence-corrected chi connectivity index (χ2v) is 5.79. The molecule has 1 amide bonds. The number of amides is 1. The fourth-order valence-electron chi connectivity index (χ4n) is 2.99. The molecular weight excluding hydrogens is 292 g/mol. The molecule has 2 heterocycles. The van der Waals surface area contributed by atoms with Crippen LogP contribution in [0.1, 0.15) is 32.0 Å². The number of aromatic nitrogens is 3. The van der Waals surface area contributed by atoms with Crippen LogP contribution in [-0.2, 0) is 9.53 Å². The van der Waals surface area contributed by atoms with Crippen molar-refractivity contribution in [1.29, 1.82) is 0 Å². The van der Waals surface area contributed by atoms with E-state index in [1.54, 1.807) is 4.68 Å². The summed E-state index contributed by atoms with van der Waals surface area (Å²) in [7, 11) is 0. The molecule has 0 bridgehead atoms. The third-order valence-electron chi connectivity index (χ3n) is 4.13. The molecule has 2 unspecified atom stereocenters. The predicted octanol–water partition coefficient (Wildman–Crippen LogP) is 2.72. The van der Waals surface area contributed by atoms with E-state index in [1.165, 1.54) is 0 Å². The smallest absolute Gasteiger partial charge is 0.233 e. The summed E-state index contributed by atoms with van der Waals surface area (Å²) in [5.41, 5.74) is 0.871. The minimum Gasteiger partial charge on any atom is -0.377 e. The monoisotopic (exact) mass is 314 g/mol. The molecule has 0 aliphatic carbocycles. The average molecular weight is 314 g/mol. The van der Waals surface area contributed by atoms with Gasteiger partial charge in [0.1, 0.15) is 5.82 Å². The van der Waals surface area contributed by atoms with E-state index in [0.717, 1.165) is 31.6 Å². The Bertz CT molecular complexity index is 668. The van der Waals surface area contributed by atoms with Crippen molar-refractivity contribution in [3.8, 4) is 5.69 Å². The molecule has 0 saturated carbocycles. The first-order valence-electron chi connectivity index (χ1n) is 8.10. The highest BCUT2D eigenvalue weighted by Gasteiger charge is 2.31. The van der Waals surface area contributed by atoms with Crippen LogP contribution >= 0.6 is 0 Å². The summed E-state index contributed by atoms with van der Waals surface area (Å²) >= 11 is 0.